The number of carbonyl (C=O) groups excluding carboxylic acids is 3. The van der Waals surface area contributed by atoms with Crippen molar-refractivity contribution < 1.29 is 19.1 Å². The van der Waals surface area contributed by atoms with Gasteiger partial charge >= 0.3 is 5.97 Å². The van der Waals surface area contributed by atoms with Gasteiger partial charge in [-0.15, -0.1) is 11.3 Å². The third kappa shape index (κ3) is 3.14. The van der Waals surface area contributed by atoms with Crippen LogP contribution in [0.4, 0.5) is 5.69 Å². The molecule has 2 amide bonds. The van der Waals surface area contributed by atoms with E-state index in [9.17, 15) is 14.4 Å². The molecule has 1 aromatic rings. The molecular formula is C12H15N3O4S. The second-order valence-corrected chi connectivity index (χ2v) is 5.34. The highest BCUT2D eigenvalue weighted by molar-refractivity contribution is 7.12. The minimum Gasteiger partial charge on any atom is -0.465 e. The summed E-state index contributed by atoms with van der Waals surface area (Å²) in [5.41, 5.74) is 3.03. The third-order valence-electron chi connectivity index (χ3n) is 2.91. The van der Waals surface area contributed by atoms with E-state index in [1.807, 2.05) is 6.92 Å². The topological polar surface area (TPSA) is 87.7 Å². The first-order valence-electron chi connectivity index (χ1n) is 6.03. The standard InChI is InChI=1S/C12H15N3O4S/c1-7-5-9(16)14-15(7)6-10(17)13-8-3-4-20-11(8)12(18)19-2/h3-4,7H,5-6H2,1-2H3,(H,13,17)(H,14,16)/t7-/m1/s1. The highest BCUT2D eigenvalue weighted by Crippen LogP contribution is 2.23. The van der Waals surface area contributed by atoms with Gasteiger partial charge in [-0.2, -0.15) is 0 Å². The molecular weight excluding hydrogens is 282 g/mol. The average molecular weight is 297 g/mol. The summed E-state index contributed by atoms with van der Waals surface area (Å²) in [6.07, 6.45) is 0.374. The van der Waals surface area contributed by atoms with Gasteiger partial charge in [-0.1, -0.05) is 0 Å². The number of hydrogen-bond donors (Lipinski definition) is 2. The van der Waals surface area contributed by atoms with Crippen LogP contribution in [0.25, 0.3) is 0 Å². The van der Waals surface area contributed by atoms with Crippen molar-refractivity contribution in [2.45, 2.75) is 19.4 Å². The Morgan fingerprint density at radius 1 is 1.60 bits per heavy atom. The molecule has 0 unspecified atom stereocenters. The maximum absolute atomic E-state index is 11.9. The molecule has 20 heavy (non-hydrogen) atoms. The van der Waals surface area contributed by atoms with Gasteiger partial charge in [0.1, 0.15) is 4.88 Å². The molecule has 2 N–H and O–H groups in total. The van der Waals surface area contributed by atoms with Crippen LogP contribution in [0.1, 0.15) is 23.0 Å². The highest BCUT2D eigenvalue weighted by Gasteiger charge is 2.28. The van der Waals surface area contributed by atoms with Crippen LogP contribution in [0, 0.1) is 0 Å². The van der Waals surface area contributed by atoms with Crippen LogP contribution >= 0.6 is 11.3 Å². The largest absolute Gasteiger partial charge is 0.465 e. The Morgan fingerprint density at radius 3 is 2.95 bits per heavy atom. The first-order valence-corrected chi connectivity index (χ1v) is 6.91. The molecule has 0 saturated carbocycles. The van der Waals surface area contributed by atoms with Crippen LogP contribution in [0.5, 0.6) is 0 Å². The number of nitrogens with one attached hydrogen (secondary N) is 2. The van der Waals surface area contributed by atoms with E-state index in [1.165, 1.54) is 18.4 Å². The number of nitrogens with zero attached hydrogens (tertiary/aromatic N) is 1. The van der Waals surface area contributed by atoms with E-state index >= 15 is 0 Å². The van der Waals surface area contributed by atoms with Gasteiger partial charge in [-0.05, 0) is 18.4 Å². The molecule has 1 fully saturated rings. The minimum absolute atomic E-state index is 0.0311. The smallest absolute Gasteiger partial charge is 0.350 e. The van der Waals surface area contributed by atoms with Crippen molar-refractivity contribution >= 4 is 34.8 Å². The van der Waals surface area contributed by atoms with Gasteiger partial charge in [-0.25, -0.2) is 9.80 Å². The quantitative estimate of drug-likeness (QED) is 0.795. The lowest BCUT2D eigenvalue weighted by molar-refractivity contribution is -0.122. The summed E-state index contributed by atoms with van der Waals surface area (Å²) >= 11 is 1.20. The molecule has 0 radical (unpaired) electrons. The van der Waals surface area contributed by atoms with Crippen LogP contribution in [0.3, 0.4) is 0 Å². The van der Waals surface area contributed by atoms with Gasteiger partial charge in [0.15, 0.2) is 0 Å². The molecule has 108 valence electrons. The summed E-state index contributed by atoms with van der Waals surface area (Å²) in [5.74, 6) is -0.892. The Labute approximate surface area is 119 Å². The van der Waals surface area contributed by atoms with Gasteiger partial charge in [0.05, 0.1) is 19.3 Å². The minimum atomic E-state index is -0.488. The van der Waals surface area contributed by atoms with E-state index in [2.05, 4.69) is 15.5 Å². The van der Waals surface area contributed by atoms with Crippen LogP contribution < -0.4 is 10.7 Å². The summed E-state index contributed by atoms with van der Waals surface area (Å²) in [5, 5.41) is 5.91. The van der Waals surface area contributed by atoms with E-state index in [0.717, 1.165) is 0 Å². The second-order valence-electron chi connectivity index (χ2n) is 4.42. The molecule has 7 nitrogen and oxygen atoms in total. The van der Waals surface area contributed by atoms with Crippen molar-refractivity contribution in [3.63, 3.8) is 0 Å². The third-order valence-corrected chi connectivity index (χ3v) is 3.80. The first-order chi connectivity index (χ1) is 9.51. The molecule has 1 aromatic heterocycles. The maximum Gasteiger partial charge on any atom is 0.350 e. The van der Waals surface area contributed by atoms with E-state index in [-0.39, 0.29) is 24.4 Å². The highest BCUT2D eigenvalue weighted by atomic mass is 32.1. The van der Waals surface area contributed by atoms with E-state index in [0.29, 0.717) is 17.0 Å². The number of amides is 2. The molecule has 1 aliphatic heterocycles. The number of carbonyl (C=O) groups is 3. The lowest BCUT2D eigenvalue weighted by atomic mass is 10.2. The van der Waals surface area contributed by atoms with Gasteiger partial charge in [-0.3, -0.25) is 15.0 Å². The Bertz CT molecular complexity index is 543. The molecule has 2 heterocycles. The molecule has 1 atom stereocenters. The molecule has 1 aliphatic rings. The molecule has 0 aromatic carbocycles. The first kappa shape index (κ1) is 14.5. The van der Waals surface area contributed by atoms with Crippen LogP contribution in [-0.4, -0.2) is 42.5 Å². The Morgan fingerprint density at radius 2 is 2.35 bits per heavy atom. The zero-order chi connectivity index (χ0) is 14.7. The average Bonchev–Trinajstić information content (AvgIpc) is 2.96. The van der Waals surface area contributed by atoms with Crippen molar-refractivity contribution in [3.05, 3.63) is 16.3 Å². The number of ether oxygens (including phenoxy) is 1. The molecule has 2 rings (SSSR count). The zero-order valence-electron chi connectivity index (χ0n) is 11.1. The van der Waals surface area contributed by atoms with E-state index in [4.69, 9.17) is 0 Å². The summed E-state index contributed by atoms with van der Waals surface area (Å²) in [6.45, 7) is 1.89. The Hall–Kier alpha value is -1.93. The molecule has 0 spiro atoms. The predicted molar refractivity (Wildman–Crippen MR) is 73.2 cm³/mol. The normalized spacial score (nSPS) is 18.7. The SMILES string of the molecule is COC(=O)c1sccc1NC(=O)CN1NC(=O)C[C@H]1C. The predicted octanol–water partition coefficient (Wildman–Crippen LogP) is 0.599. The Balaban J connectivity index is 1.97. The summed E-state index contributed by atoms with van der Waals surface area (Å²) in [4.78, 5) is 35.0. The zero-order valence-corrected chi connectivity index (χ0v) is 12.0. The molecule has 1 saturated heterocycles. The summed E-state index contributed by atoms with van der Waals surface area (Å²) in [6, 6.07) is 1.61. The van der Waals surface area contributed by atoms with Crippen molar-refractivity contribution in [1.29, 1.82) is 0 Å². The van der Waals surface area contributed by atoms with Gasteiger partial charge < -0.3 is 10.1 Å². The van der Waals surface area contributed by atoms with Crippen LogP contribution in [-0.2, 0) is 14.3 Å². The summed E-state index contributed by atoms with van der Waals surface area (Å²) < 4.78 is 4.63. The van der Waals surface area contributed by atoms with E-state index < -0.39 is 5.97 Å². The van der Waals surface area contributed by atoms with Crippen LogP contribution in [0.15, 0.2) is 11.4 Å². The fourth-order valence-electron chi connectivity index (χ4n) is 1.89. The van der Waals surface area contributed by atoms with Crippen molar-refractivity contribution in [3.8, 4) is 0 Å². The maximum atomic E-state index is 11.9. The fourth-order valence-corrected chi connectivity index (χ4v) is 2.66. The van der Waals surface area contributed by atoms with Crippen molar-refractivity contribution in [2.75, 3.05) is 19.0 Å². The van der Waals surface area contributed by atoms with Crippen LogP contribution in [0.2, 0.25) is 0 Å². The number of thiophene rings is 1. The van der Waals surface area contributed by atoms with Gasteiger partial charge in [0.2, 0.25) is 11.8 Å². The van der Waals surface area contributed by atoms with E-state index in [1.54, 1.807) is 16.5 Å². The monoisotopic (exact) mass is 297 g/mol. The Kier molecular flexibility index (Phi) is 4.35. The number of anilines is 1. The van der Waals surface area contributed by atoms with Crippen molar-refractivity contribution in [1.82, 2.24) is 10.4 Å². The number of hydrogen-bond acceptors (Lipinski definition) is 6. The number of hydrazine groups is 1. The fraction of sp³-hybridized carbons (Fsp3) is 0.417. The number of rotatable bonds is 4. The lowest BCUT2D eigenvalue weighted by Crippen LogP contribution is -2.42. The number of methoxy groups -OCH3 is 1. The van der Waals surface area contributed by atoms with Gasteiger partial charge in [0.25, 0.3) is 0 Å². The molecule has 0 bridgehead atoms. The number of esters is 1. The van der Waals surface area contributed by atoms with Crippen molar-refractivity contribution in [2.24, 2.45) is 0 Å². The second kappa shape index (κ2) is 6.02. The molecule has 8 heteroatoms. The molecule has 0 aliphatic carbocycles. The van der Waals surface area contributed by atoms with Gasteiger partial charge in [0, 0.05) is 12.5 Å². The summed E-state index contributed by atoms with van der Waals surface area (Å²) in [7, 11) is 1.29. The lowest BCUT2D eigenvalue weighted by Gasteiger charge is -2.19.